The number of rotatable bonds is 4. The van der Waals surface area contributed by atoms with Gasteiger partial charge in [-0.3, -0.25) is 0 Å². The van der Waals surface area contributed by atoms with E-state index in [9.17, 15) is 5.11 Å². The number of hydrogen-bond acceptors (Lipinski definition) is 2. The van der Waals surface area contributed by atoms with E-state index >= 15 is 0 Å². The van der Waals surface area contributed by atoms with Crippen molar-refractivity contribution in [2.24, 2.45) is 0 Å². The van der Waals surface area contributed by atoms with E-state index in [1.54, 1.807) is 0 Å². The summed E-state index contributed by atoms with van der Waals surface area (Å²) in [7, 11) is 0. The Morgan fingerprint density at radius 1 is 1.50 bits per heavy atom. The molecule has 2 N–H and O–H groups in total. The summed E-state index contributed by atoms with van der Waals surface area (Å²) in [5.74, 6) is 0. The van der Waals surface area contributed by atoms with Crippen LogP contribution in [0.15, 0.2) is 18.2 Å². The molecule has 1 rings (SSSR count). The van der Waals surface area contributed by atoms with E-state index in [0.29, 0.717) is 6.54 Å². The SMILES string of the molecule is CC[C@@H](O)CNc1cccc(I)c1C. The molecule has 0 heterocycles. The highest BCUT2D eigenvalue weighted by molar-refractivity contribution is 14.1. The highest BCUT2D eigenvalue weighted by Crippen LogP contribution is 2.20. The van der Waals surface area contributed by atoms with Crippen LogP contribution in [0.2, 0.25) is 0 Å². The maximum absolute atomic E-state index is 9.42. The molecule has 0 saturated carbocycles. The van der Waals surface area contributed by atoms with Crippen LogP contribution in [0, 0.1) is 10.5 Å². The van der Waals surface area contributed by atoms with Gasteiger partial charge in [0.1, 0.15) is 0 Å². The third-order valence-corrected chi connectivity index (χ3v) is 3.44. The Morgan fingerprint density at radius 2 is 2.21 bits per heavy atom. The molecule has 3 heteroatoms. The molecule has 14 heavy (non-hydrogen) atoms. The van der Waals surface area contributed by atoms with Gasteiger partial charge in [0, 0.05) is 15.8 Å². The summed E-state index contributed by atoms with van der Waals surface area (Å²) in [6.45, 7) is 4.69. The van der Waals surface area contributed by atoms with Gasteiger partial charge in [0.2, 0.25) is 0 Å². The van der Waals surface area contributed by atoms with Crippen molar-refractivity contribution in [2.45, 2.75) is 26.4 Å². The Morgan fingerprint density at radius 3 is 2.86 bits per heavy atom. The number of hydrogen-bond donors (Lipinski definition) is 2. The van der Waals surface area contributed by atoms with Gasteiger partial charge in [-0.2, -0.15) is 0 Å². The van der Waals surface area contributed by atoms with Crippen molar-refractivity contribution in [3.63, 3.8) is 0 Å². The number of aliphatic hydroxyl groups excluding tert-OH is 1. The molecule has 0 aliphatic heterocycles. The largest absolute Gasteiger partial charge is 0.391 e. The smallest absolute Gasteiger partial charge is 0.0709 e. The third kappa shape index (κ3) is 3.13. The van der Waals surface area contributed by atoms with Gasteiger partial charge in [0.15, 0.2) is 0 Å². The molecule has 2 nitrogen and oxygen atoms in total. The molecule has 0 bridgehead atoms. The molecule has 0 unspecified atom stereocenters. The second kappa shape index (κ2) is 5.56. The fraction of sp³-hybridized carbons (Fsp3) is 0.455. The van der Waals surface area contributed by atoms with Crippen molar-refractivity contribution < 1.29 is 5.11 Å². The first kappa shape index (κ1) is 11.8. The molecule has 0 aromatic heterocycles. The summed E-state index contributed by atoms with van der Waals surface area (Å²) >= 11 is 2.31. The Bertz CT molecular complexity index is 301. The van der Waals surface area contributed by atoms with Gasteiger partial charge < -0.3 is 10.4 Å². The molecule has 0 spiro atoms. The first-order chi connectivity index (χ1) is 6.65. The standard InChI is InChI=1S/C11H16INO/c1-3-9(14)7-13-11-6-4-5-10(12)8(11)2/h4-6,9,13-14H,3,7H2,1-2H3/t9-/m1/s1. The van der Waals surface area contributed by atoms with Crippen LogP contribution >= 0.6 is 22.6 Å². The number of nitrogens with one attached hydrogen (secondary N) is 1. The van der Waals surface area contributed by atoms with Gasteiger partial charge >= 0.3 is 0 Å². The molecule has 1 aromatic carbocycles. The lowest BCUT2D eigenvalue weighted by Gasteiger charge is -2.13. The summed E-state index contributed by atoms with van der Waals surface area (Å²) in [6, 6.07) is 6.15. The number of benzene rings is 1. The minimum absolute atomic E-state index is 0.257. The van der Waals surface area contributed by atoms with E-state index in [2.05, 4.69) is 40.9 Å². The van der Waals surface area contributed by atoms with Crippen molar-refractivity contribution in [3.05, 3.63) is 27.3 Å². The molecule has 0 saturated heterocycles. The molecule has 1 aromatic rings. The monoisotopic (exact) mass is 305 g/mol. The summed E-state index contributed by atoms with van der Waals surface area (Å²) in [6.07, 6.45) is 0.531. The number of aliphatic hydroxyl groups is 1. The van der Waals surface area contributed by atoms with Crippen molar-refractivity contribution in [3.8, 4) is 0 Å². The summed E-state index contributed by atoms with van der Waals surface area (Å²) < 4.78 is 1.25. The second-order valence-electron chi connectivity index (χ2n) is 3.36. The Balaban J connectivity index is 2.63. The van der Waals surface area contributed by atoms with Gasteiger partial charge in [0.05, 0.1) is 6.10 Å². The van der Waals surface area contributed by atoms with Gasteiger partial charge in [0.25, 0.3) is 0 Å². The summed E-state index contributed by atoms with van der Waals surface area (Å²) in [4.78, 5) is 0. The minimum Gasteiger partial charge on any atom is -0.391 e. The van der Waals surface area contributed by atoms with Crippen LogP contribution in [0.1, 0.15) is 18.9 Å². The van der Waals surface area contributed by atoms with Gasteiger partial charge in [-0.15, -0.1) is 0 Å². The first-order valence-electron chi connectivity index (χ1n) is 4.82. The van der Waals surface area contributed by atoms with Crippen LogP contribution in [0.25, 0.3) is 0 Å². The first-order valence-corrected chi connectivity index (χ1v) is 5.90. The second-order valence-corrected chi connectivity index (χ2v) is 4.52. The highest BCUT2D eigenvalue weighted by atomic mass is 127. The van der Waals surface area contributed by atoms with Crippen LogP contribution < -0.4 is 5.32 Å². The molecule has 0 fully saturated rings. The fourth-order valence-corrected chi connectivity index (χ4v) is 1.67. The topological polar surface area (TPSA) is 32.3 Å². The highest BCUT2D eigenvalue weighted by Gasteiger charge is 2.03. The van der Waals surface area contributed by atoms with Gasteiger partial charge in [-0.25, -0.2) is 0 Å². The lowest BCUT2D eigenvalue weighted by molar-refractivity contribution is 0.183. The Labute approximate surface area is 98.9 Å². The quantitative estimate of drug-likeness (QED) is 0.839. The molecule has 0 aliphatic carbocycles. The predicted molar refractivity (Wildman–Crippen MR) is 68.7 cm³/mol. The molecule has 0 aliphatic rings. The lowest BCUT2D eigenvalue weighted by atomic mass is 10.2. The van der Waals surface area contributed by atoms with Crippen LogP contribution in [-0.2, 0) is 0 Å². The Kier molecular flexibility index (Phi) is 4.68. The maximum Gasteiger partial charge on any atom is 0.0709 e. The zero-order valence-corrected chi connectivity index (χ0v) is 10.7. The van der Waals surface area contributed by atoms with E-state index < -0.39 is 0 Å². The molecular formula is C11H16INO. The zero-order valence-electron chi connectivity index (χ0n) is 8.55. The van der Waals surface area contributed by atoms with Crippen LogP contribution in [0.4, 0.5) is 5.69 Å². The summed E-state index contributed by atoms with van der Waals surface area (Å²) in [5.41, 5.74) is 2.36. The van der Waals surface area contributed by atoms with E-state index in [1.807, 2.05) is 19.1 Å². The number of anilines is 1. The predicted octanol–water partition coefficient (Wildman–Crippen LogP) is 2.78. The zero-order chi connectivity index (χ0) is 10.6. The van der Waals surface area contributed by atoms with Gasteiger partial charge in [-0.1, -0.05) is 13.0 Å². The molecule has 1 atom stereocenters. The fourth-order valence-electron chi connectivity index (χ4n) is 1.17. The lowest BCUT2D eigenvalue weighted by Crippen LogP contribution is -2.18. The van der Waals surface area contributed by atoms with Gasteiger partial charge in [-0.05, 0) is 53.6 Å². The third-order valence-electron chi connectivity index (χ3n) is 2.27. The van der Waals surface area contributed by atoms with Crippen LogP contribution in [0.3, 0.4) is 0 Å². The van der Waals surface area contributed by atoms with Crippen molar-refractivity contribution in [2.75, 3.05) is 11.9 Å². The van der Waals surface area contributed by atoms with Crippen LogP contribution in [0.5, 0.6) is 0 Å². The average Bonchev–Trinajstić information content (AvgIpc) is 2.20. The minimum atomic E-state index is -0.257. The molecule has 0 amide bonds. The Hall–Kier alpha value is -0.290. The van der Waals surface area contributed by atoms with Crippen molar-refractivity contribution in [1.29, 1.82) is 0 Å². The van der Waals surface area contributed by atoms with Crippen molar-refractivity contribution in [1.82, 2.24) is 0 Å². The summed E-state index contributed by atoms with van der Waals surface area (Å²) in [5, 5.41) is 12.7. The van der Waals surface area contributed by atoms with E-state index in [1.165, 1.54) is 9.13 Å². The van der Waals surface area contributed by atoms with Crippen molar-refractivity contribution >= 4 is 28.3 Å². The molecule has 78 valence electrons. The molecular weight excluding hydrogens is 289 g/mol. The normalized spacial score (nSPS) is 12.6. The van der Waals surface area contributed by atoms with E-state index in [0.717, 1.165) is 12.1 Å². The molecule has 0 radical (unpaired) electrons. The van der Waals surface area contributed by atoms with Crippen LogP contribution in [-0.4, -0.2) is 17.8 Å². The average molecular weight is 305 g/mol. The van der Waals surface area contributed by atoms with E-state index in [4.69, 9.17) is 0 Å². The van der Waals surface area contributed by atoms with E-state index in [-0.39, 0.29) is 6.10 Å². The number of halogens is 1. The maximum atomic E-state index is 9.42.